The Balaban J connectivity index is 2.38. The molecule has 1 aromatic rings. The molecule has 0 fully saturated rings. The largest absolute Gasteiger partial charge is 0.466 e. The minimum atomic E-state index is -0.510. The van der Waals surface area contributed by atoms with Crippen molar-refractivity contribution in [2.75, 3.05) is 13.2 Å². The number of carbonyl (C=O) groups is 3. The van der Waals surface area contributed by atoms with Crippen LogP contribution in [0.3, 0.4) is 0 Å². The van der Waals surface area contributed by atoms with Crippen molar-refractivity contribution in [3.8, 4) is 0 Å². The van der Waals surface area contributed by atoms with E-state index in [-0.39, 0.29) is 30.9 Å². The van der Waals surface area contributed by atoms with Crippen molar-refractivity contribution < 1.29 is 23.9 Å². The van der Waals surface area contributed by atoms with Gasteiger partial charge in [-0.1, -0.05) is 30.3 Å². The summed E-state index contributed by atoms with van der Waals surface area (Å²) in [6, 6.07) is 9.58. The second kappa shape index (κ2) is 12.2. The normalized spacial score (nSPS) is 12.1. The van der Waals surface area contributed by atoms with Crippen LogP contribution < -0.4 is 5.32 Å². The van der Waals surface area contributed by atoms with Crippen molar-refractivity contribution in [1.29, 1.82) is 0 Å². The lowest BCUT2D eigenvalue weighted by molar-refractivity contribution is -0.155. The van der Waals surface area contributed by atoms with Crippen LogP contribution in [0.5, 0.6) is 0 Å². The molecule has 1 rings (SSSR count). The van der Waals surface area contributed by atoms with Gasteiger partial charge in [-0.3, -0.25) is 14.4 Å². The molecule has 1 unspecified atom stereocenters. The maximum absolute atomic E-state index is 12.2. The third kappa shape index (κ3) is 10.7. The maximum atomic E-state index is 12.2. The van der Waals surface area contributed by atoms with Crippen LogP contribution in [0.4, 0.5) is 0 Å². The van der Waals surface area contributed by atoms with Gasteiger partial charge in [-0.15, -0.1) is 0 Å². The minimum absolute atomic E-state index is 0.0831. The summed E-state index contributed by atoms with van der Waals surface area (Å²) in [4.78, 5) is 36.1. The van der Waals surface area contributed by atoms with Crippen molar-refractivity contribution in [1.82, 2.24) is 5.32 Å². The fourth-order valence-electron chi connectivity index (χ4n) is 2.71. The molecule has 6 heteroatoms. The van der Waals surface area contributed by atoms with Crippen molar-refractivity contribution in [3.63, 3.8) is 0 Å². The van der Waals surface area contributed by atoms with E-state index in [0.717, 1.165) is 5.56 Å². The standard InChI is InChI=1S/C22H33NO5/c1-5-27-21(26)18(15-17-11-7-6-8-12-17)16-19(24)23-14-10-9-13-20(25)28-22(2,3)4/h6-8,11-12,18H,5,9-10,13-16H2,1-4H3,(H,23,24). The first kappa shape index (κ1) is 23.7. The van der Waals surface area contributed by atoms with Gasteiger partial charge in [0.15, 0.2) is 0 Å². The molecule has 156 valence electrons. The fraction of sp³-hybridized carbons (Fsp3) is 0.591. The summed E-state index contributed by atoms with van der Waals surface area (Å²) < 4.78 is 10.4. The average Bonchev–Trinajstić information content (AvgIpc) is 2.60. The summed E-state index contributed by atoms with van der Waals surface area (Å²) in [7, 11) is 0. The lowest BCUT2D eigenvalue weighted by Gasteiger charge is -2.19. The molecule has 0 radical (unpaired) electrons. The Morgan fingerprint density at radius 1 is 1.07 bits per heavy atom. The highest BCUT2D eigenvalue weighted by atomic mass is 16.6. The monoisotopic (exact) mass is 391 g/mol. The van der Waals surface area contributed by atoms with Crippen LogP contribution in [0.15, 0.2) is 30.3 Å². The number of nitrogens with one attached hydrogen (secondary N) is 1. The van der Waals surface area contributed by atoms with Crippen LogP contribution in [0.2, 0.25) is 0 Å². The van der Waals surface area contributed by atoms with Crippen LogP contribution >= 0.6 is 0 Å². The quantitative estimate of drug-likeness (QED) is 0.462. The summed E-state index contributed by atoms with van der Waals surface area (Å²) in [5.74, 6) is -1.29. The first-order valence-corrected chi connectivity index (χ1v) is 9.90. The van der Waals surface area contributed by atoms with Gasteiger partial charge in [0.2, 0.25) is 5.91 Å². The molecule has 28 heavy (non-hydrogen) atoms. The third-order valence-corrected chi connectivity index (χ3v) is 3.93. The lowest BCUT2D eigenvalue weighted by atomic mass is 9.96. The molecule has 0 bridgehead atoms. The number of carbonyl (C=O) groups excluding carboxylic acids is 3. The van der Waals surface area contributed by atoms with Crippen molar-refractivity contribution in [2.24, 2.45) is 5.92 Å². The molecular weight excluding hydrogens is 358 g/mol. The van der Waals surface area contributed by atoms with E-state index in [9.17, 15) is 14.4 Å². The predicted molar refractivity (Wildman–Crippen MR) is 108 cm³/mol. The Kier molecular flexibility index (Phi) is 10.3. The van der Waals surface area contributed by atoms with E-state index in [1.165, 1.54) is 0 Å². The summed E-state index contributed by atoms with van der Waals surface area (Å²) in [6.45, 7) is 8.00. The molecule has 6 nitrogen and oxygen atoms in total. The second-order valence-electron chi connectivity index (χ2n) is 7.74. The van der Waals surface area contributed by atoms with Gasteiger partial charge < -0.3 is 14.8 Å². The lowest BCUT2D eigenvalue weighted by Crippen LogP contribution is -2.31. The number of amides is 1. The van der Waals surface area contributed by atoms with Gasteiger partial charge in [0.05, 0.1) is 12.5 Å². The molecule has 1 aromatic carbocycles. The Morgan fingerprint density at radius 2 is 1.75 bits per heavy atom. The van der Waals surface area contributed by atoms with Gasteiger partial charge >= 0.3 is 11.9 Å². The average molecular weight is 392 g/mol. The maximum Gasteiger partial charge on any atom is 0.309 e. The summed E-state index contributed by atoms with van der Waals surface area (Å²) in [6.07, 6.45) is 2.19. The molecule has 0 heterocycles. The molecule has 0 saturated carbocycles. The Morgan fingerprint density at radius 3 is 2.36 bits per heavy atom. The van der Waals surface area contributed by atoms with Crippen molar-refractivity contribution in [2.45, 2.75) is 65.4 Å². The Hall–Kier alpha value is -2.37. The van der Waals surface area contributed by atoms with Crippen LogP contribution in [0.1, 0.15) is 58.9 Å². The molecule has 0 aliphatic heterocycles. The van der Waals surface area contributed by atoms with E-state index >= 15 is 0 Å². The number of rotatable bonds is 11. The smallest absolute Gasteiger partial charge is 0.309 e. The number of hydrogen-bond donors (Lipinski definition) is 1. The van der Waals surface area contributed by atoms with Gasteiger partial charge in [-0.2, -0.15) is 0 Å². The zero-order chi connectivity index (χ0) is 21.0. The van der Waals surface area contributed by atoms with Crippen molar-refractivity contribution in [3.05, 3.63) is 35.9 Å². The van der Waals surface area contributed by atoms with E-state index in [0.29, 0.717) is 32.2 Å². The molecule has 0 aliphatic rings. The van der Waals surface area contributed by atoms with Crippen LogP contribution in [0.25, 0.3) is 0 Å². The molecule has 1 amide bonds. The van der Waals surface area contributed by atoms with Crippen molar-refractivity contribution >= 4 is 17.8 Å². The second-order valence-corrected chi connectivity index (χ2v) is 7.74. The van der Waals surface area contributed by atoms with Gasteiger partial charge in [0.25, 0.3) is 0 Å². The predicted octanol–water partition coefficient (Wildman–Crippen LogP) is 3.43. The number of esters is 2. The van der Waals surface area contributed by atoms with Gasteiger partial charge in [0.1, 0.15) is 5.60 Å². The molecule has 0 aliphatic carbocycles. The molecule has 1 N–H and O–H groups in total. The summed E-state index contributed by atoms with van der Waals surface area (Å²) in [5.41, 5.74) is 0.511. The molecule has 0 aromatic heterocycles. The molecule has 0 saturated heterocycles. The number of benzene rings is 1. The van der Waals surface area contributed by atoms with Crippen LogP contribution in [-0.2, 0) is 30.3 Å². The van der Waals surface area contributed by atoms with E-state index in [4.69, 9.17) is 9.47 Å². The van der Waals surface area contributed by atoms with E-state index in [1.54, 1.807) is 6.92 Å². The number of ether oxygens (including phenoxy) is 2. The number of unbranched alkanes of at least 4 members (excludes halogenated alkanes) is 1. The summed E-state index contributed by atoms with van der Waals surface area (Å²) in [5, 5.41) is 2.82. The SMILES string of the molecule is CCOC(=O)C(CC(=O)NCCCCC(=O)OC(C)(C)C)Cc1ccccc1. The zero-order valence-corrected chi connectivity index (χ0v) is 17.5. The Bertz CT molecular complexity index is 622. The van der Waals surface area contributed by atoms with Crippen LogP contribution in [0, 0.1) is 5.92 Å². The molecular formula is C22H33NO5. The highest BCUT2D eigenvalue weighted by Gasteiger charge is 2.23. The zero-order valence-electron chi connectivity index (χ0n) is 17.5. The first-order chi connectivity index (χ1) is 13.2. The summed E-state index contributed by atoms with van der Waals surface area (Å²) >= 11 is 0. The highest BCUT2D eigenvalue weighted by molar-refractivity contribution is 5.83. The Labute approximate surface area is 168 Å². The third-order valence-electron chi connectivity index (χ3n) is 3.93. The number of hydrogen-bond acceptors (Lipinski definition) is 5. The van der Waals surface area contributed by atoms with Gasteiger partial charge in [-0.25, -0.2) is 0 Å². The highest BCUT2D eigenvalue weighted by Crippen LogP contribution is 2.15. The van der Waals surface area contributed by atoms with E-state index < -0.39 is 11.5 Å². The van der Waals surface area contributed by atoms with Gasteiger partial charge in [0, 0.05) is 19.4 Å². The fourth-order valence-corrected chi connectivity index (χ4v) is 2.71. The van der Waals surface area contributed by atoms with E-state index in [1.807, 2.05) is 51.1 Å². The minimum Gasteiger partial charge on any atom is -0.466 e. The topological polar surface area (TPSA) is 81.7 Å². The molecule has 1 atom stereocenters. The van der Waals surface area contributed by atoms with E-state index in [2.05, 4.69) is 5.32 Å². The van der Waals surface area contributed by atoms with Crippen LogP contribution in [-0.4, -0.2) is 36.6 Å². The van der Waals surface area contributed by atoms with Gasteiger partial charge in [-0.05, 0) is 52.5 Å². The molecule has 0 spiro atoms. The first-order valence-electron chi connectivity index (χ1n) is 9.90.